The van der Waals surface area contributed by atoms with E-state index in [0.29, 0.717) is 38.8 Å². The van der Waals surface area contributed by atoms with Crippen LogP contribution in [0.1, 0.15) is 39.0 Å². The molecule has 0 spiro atoms. The molecule has 6 nitrogen and oxygen atoms in total. The van der Waals surface area contributed by atoms with Gasteiger partial charge in [-0.2, -0.15) is 4.31 Å². The average Bonchev–Trinajstić information content (AvgIpc) is 2.70. The van der Waals surface area contributed by atoms with Crippen molar-refractivity contribution < 1.29 is 18.1 Å². The molecule has 1 N–H and O–H groups in total. The number of likely N-dealkylation sites (N-methyl/N-ethyl adjacent to an activating group) is 1. The fraction of sp³-hybridized carbons (Fsp3) is 0.650. The van der Waals surface area contributed by atoms with Gasteiger partial charge >= 0.3 is 0 Å². The molecule has 1 aliphatic carbocycles. The van der Waals surface area contributed by atoms with E-state index in [0.717, 1.165) is 24.3 Å². The zero-order chi connectivity index (χ0) is 20.1. The van der Waals surface area contributed by atoms with E-state index in [2.05, 4.69) is 6.92 Å². The number of nitrogens with zero attached hydrogens (tertiary/aromatic N) is 2. The summed E-state index contributed by atoms with van der Waals surface area (Å²) in [6.45, 7) is 5.34. The molecular formula is C20H31ClN3O3S+. The van der Waals surface area contributed by atoms with Gasteiger partial charge in [-0.05, 0) is 31.9 Å². The van der Waals surface area contributed by atoms with Crippen LogP contribution in [-0.2, 0) is 14.8 Å². The van der Waals surface area contributed by atoms with E-state index >= 15 is 0 Å². The molecule has 1 saturated carbocycles. The molecule has 2 fully saturated rings. The predicted octanol–water partition coefficient (Wildman–Crippen LogP) is 1.41. The smallest absolute Gasteiger partial charge is 0.277 e. The minimum absolute atomic E-state index is 0.158. The van der Waals surface area contributed by atoms with Gasteiger partial charge in [0.05, 0.1) is 31.2 Å². The maximum Gasteiger partial charge on any atom is 0.277 e. The maximum absolute atomic E-state index is 12.9. The molecule has 0 aromatic heterocycles. The van der Waals surface area contributed by atoms with Crippen LogP contribution in [0.3, 0.4) is 0 Å². The quantitative estimate of drug-likeness (QED) is 0.745. The van der Waals surface area contributed by atoms with Gasteiger partial charge < -0.3 is 9.80 Å². The lowest BCUT2D eigenvalue weighted by Crippen LogP contribution is -3.15. The molecule has 3 rings (SSSR count). The Labute approximate surface area is 173 Å². The Hall–Kier alpha value is -1.15. The van der Waals surface area contributed by atoms with Crippen molar-refractivity contribution in [3.63, 3.8) is 0 Å². The van der Waals surface area contributed by atoms with Gasteiger partial charge in [-0.3, -0.25) is 4.79 Å². The first-order chi connectivity index (χ1) is 13.4. The number of piperazine rings is 1. The number of carbonyl (C=O) groups excluding carboxylic acids is 1. The second-order valence-corrected chi connectivity index (χ2v) is 10.0. The van der Waals surface area contributed by atoms with Gasteiger partial charge in [-0.25, -0.2) is 8.42 Å². The zero-order valence-electron chi connectivity index (χ0n) is 16.6. The molecule has 28 heavy (non-hydrogen) atoms. The van der Waals surface area contributed by atoms with Crippen molar-refractivity contribution in [2.75, 3.05) is 39.3 Å². The van der Waals surface area contributed by atoms with Crippen molar-refractivity contribution in [1.29, 1.82) is 0 Å². The summed E-state index contributed by atoms with van der Waals surface area (Å²) in [5.41, 5.74) is 0. The number of sulfonamides is 1. The van der Waals surface area contributed by atoms with E-state index in [1.165, 1.54) is 23.6 Å². The number of hydrogen-bond donors (Lipinski definition) is 1. The molecule has 156 valence electrons. The van der Waals surface area contributed by atoms with Crippen LogP contribution in [0.4, 0.5) is 0 Å². The number of carbonyl (C=O) groups is 1. The molecule has 1 aliphatic heterocycles. The normalized spacial score (nSPS) is 20.2. The summed E-state index contributed by atoms with van der Waals surface area (Å²) in [6.07, 6.45) is 5.91. The van der Waals surface area contributed by atoms with Crippen LogP contribution in [0.25, 0.3) is 0 Å². The topological polar surface area (TPSA) is 62.1 Å². The highest BCUT2D eigenvalue weighted by molar-refractivity contribution is 7.89. The van der Waals surface area contributed by atoms with E-state index < -0.39 is 10.0 Å². The van der Waals surface area contributed by atoms with E-state index in [9.17, 15) is 13.2 Å². The molecular weight excluding hydrogens is 398 g/mol. The number of nitrogens with one attached hydrogen (secondary N) is 1. The Kier molecular flexibility index (Phi) is 7.36. The summed E-state index contributed by atoms with van der Waals surface area (Å²) >= 11 is 6.09. The van der Waals surface area contributed by atoms with Crippen molar-refractivity contribution in [3.05, 3.63) is 29.3 Å². The standard InChI is InChI=1S/C20H30ClN3O3S/c1-2-24(17-8-4-3-5-9-17)20(25)16-22-12-14-23(15-13-22)28(26,27)19-11-7-6-10-18(19)21/h6-7,10-11,17H,2-5,8-9,12-16H2,1H3/p+1. The average molecular weight is 429 g/mol. The van der Waals surface area contributed by atoms with Gasteiger partial charge in [0, 0.05) is 12.6 Å². The molecule has 1 saturated heterocycles. The van der Waals surface area contributed by atoms with Crippen LogP contribution in [0.5, 0.6) is 0 Å². The van der Waals surface area contributed by atoms with Crippen LogP contribution < -0.4 is 4.90 Å². The zero-order valence-corrected chi connectivity index (χ0v) is 18.1. The number of amides is 1. The second-order valence-electron chi connectivity index (χ2n) is 7.73. The summed E-state index contributed by atoms with van der Waals surface area (Å²) in [7, 11) is -3.59. The summed E-state index contributed by atoms with van der Waals surface area (Å²) in [6, 6.07) is 6.93. The van der Waals surface area contributed by atoms with Gasteiger partial charge in [0.1, 0.15) is 4.90 Å². The highest BCUT2D eigenvalue weighted by atomic mass is 35.5. The summed E-state index contributed by atoms with van der Waals surface area (Å²) in [4.78, 5) is 16.2. The SMILES string of the molecule is CCN(C(=O)C[NH+]1CCN(S(=O)(=O)c2ccccc2Cl)CC1)C1CCCCC1. The summed E-state index contributed by atoms with van der Waals surface area (Å²) in [5, 5.41) is 0.249. The van der Waals surface area contributed by atoms with Crippen LogP contribution in [0.2, 0.25) is 5.02 Å². The molecule has 8 heteroatoms. The van der Waals surface area contributed by atoms with Crippen molar-refractivity contribution >= 4 is 27.5 Å². The van der Waals surface area contributed by atoms with E-state index in [1.54, 1.807) is 24.3 Å². The van der Waals surface area contributed by atoms with Gasteiger partial charge in [0.2, 0.25) is 10.0 Å². The van der Waals surface area contributed by atoms with Gasteiger partial charge in [-0.15, -0.1) is 0 Å². The Balaban J connectivity index is 1.56. The van der Waals surface area contributed by atoms with Gasteiger partial charge in [-0.1, -0.05) is 43.0 Å². The monoisotopic (exact) mass is 428 g/mol. The van der Waals surface area contributed by atoms with Crippen molar-refractivity contribution in [2.24, 2.45) is 0 Å². The Morgan fingerprint density at radius 2 is 1.82 bits per heavy atom. The molecule has 0 atom stereocenters. The van der Waals surface area contributed by atoms with Crippen LogP contribution in [0.15, 0.2) is 29.2 Å². The van der Waals surface area contributed by atoms with Crippen LogP contribution in [-0.4, -0.2) is 68.8 Å². The number of rotatable bonds is 6. The Morgan fingerprint density at radius 3 is 2.43 bits per heavy atom. The lowest BCUT2D eigenvalue weighted by atomic mass is 9.94. The Bertz CT molecular complexity index is 773. The van der Waals surface area contributed by atoms with Gasteiger partial charge in [0.15, 0.2) is 6.54 Å². The predicted molar refractivity (Wildman–Crippen MR) is 110 cm³/mol. The summed E-state index contributed by atoms with van der Waals surface area (Å²) in [5.74, 6) is 0.201. The Morgan fingerprint density at radius 1 is 1.18 bits per heavy atom. The van der Waals surface area contributed by atoms with Gasteiger partial charge in [0.25, 0.3) is 5.91 Å². The van der Waals surface area contributed by atoms with E-state index in [-0.39, 0.29) is 15.8 Å². The molecule has 1 aromatic carbocycles. The lowest BCUT2D eigenvalue weighted by molar-refractivity contribution is -0.896. The number of halogens is 1. The highest BCUT2D eigenvalue weighted by Crippen LogP contribution is 2.24. The van der Waals surface area contributed by atoms with E-state index in [1.807, 2.05) is 4.90 Å². The first-order valence-corrected chi connectivity index (χ1v) is 12.1. The molecule has 1 aromatic rings. The molecule has 2 aliphatic rings. The second kappa shape index (κ2) is 9.57. The van der Waals surface area contributed by atoms with Crippen LogP contribution in [0, 0.1) is 0 Å². The first kappa shape index (κ1) is 21.6. The third-order valence-corrected chi connectivity index (χ3v) is 8.36. The maximum atomic E-state index is 12.9. The molecule has 1 amide bonds. The minimum atomic E-state index is -3.59. The minimum Gasteiger partial charge on any atom is -0.335 e. The molecule has 0 unspecified atom stereocenters. The largest absolute Gasteiger partial charge is 0.335 e. The van der Waals surface area contributed by atoms with E-state index in [4.69, 9.17) is 11.6 Å². The first-order valence-electron chi connectivity index (χ1n) is 10.3. The van der Waals surface area contributed by atoms with Crippen molar-refractivity contribution in [3.8, 4) is 0 Å². The third-order valence-electron chi connectivity index (χ3n) is 5.96. The summed E-state index contributed by atoms with van der Waals surface area (Å²) < 4.78 is 27.2. The number of hydrogen-bond acceptors (Lipinski definition) is 3. The number of benzene rings is 1. The number of quaternary nitrogens is 1. The third kappa shape index (κ3) is 4.87. The lowest BCUT2D eigenvalue weighted by Gasteiger charge is -2.36. The molecule has 0 bridgehead atoms. The molecule has 0 radical (unpaired) electrons. The van der Waals surface area contributed by atoms with Crippen LogP contribution >= 0.6 is 11.6 Å². The fourth-order valence-corrected chi connectivity index (χ4v) is 6.29. The highest BCUT2D eigenvalue weighted by Gasteiger charge is 2.33. The molecule has 1 heterocycles. The van der Waals surface area contributed by atoms with Crippen molar-refractivity contribution in [2.45, 2.75) is 50.0 Å². The fourth-order valence-electron chi connectivity index (χ4n) is 4.36. The van der Waals surface area contributed by atoms with Crippen molar-refractivity contribution in [1.82, 2.24) is 9.21 Å².